The molecule has 1 aliphatic heterocycles. The van der Waals surface area contributed by atoms with Crippen LogP contribution < -0.4 is 15.4 Å². The number of amides is 2. The number of carbonyl (C=O) groups excluding carboxylic acids is 2. The lowest BCUT2D eigenvalue weighted by Gasteiger charge is -2.23. The number of fused-ring (bicyclic) bond motifs is 1. The first kappa shape index (κ1) is 27.4. The van der Waals surface area contributed by atoms with Gasteiger partial charge in [-0.1, -0.05) is 30.4 Å². The molecular formula is C26H21ClF3N3O4. The maximum absolute atomic E-state index is 13.0. The Kier molecular flexibility index (Phi) is 8.36. The Labute approximate surface area is 215 Å². The molecule has 2 aromatic carbocycles. The number of benzene rings is 2. The van der Waals surface area contributed by atoms with Crippen molar-refractivity contribution in [3.63, 3.8) is 0 Å². The molecule has 4 rings (SSSR count). The van der Waals surface area contributed by atoms with Gasteiger partial charge in [0.15, 0.2) is 12.4 Å². The lowest BCUT2D eigenvalue weighted by molar-refractivity contribution is -0.605. The van der Waals surface area contributed by atoms with Crippen molar-refractivity contribution in [2.75, 3.05) is 10.6 Å². The van der Waals surface area contributed by atoms with Crippen molar-refractivity contribution < 1.29 is 32.6 Å². The number of alkyl halides is 3. The van der Waals surface area contributed by atoms with Gasteiger partial charge in [0.05, 0.1) is 5.56 Å². The highest BCUT2D eigenvalue weighted by molar-refractivity contribution is 6.03. The second-order valence-corrected chi connectivity index (χ2v) is 7.99. The van der Waals surface area contributed by atoms with E-state index in [0.29, 0.717) is 38.4 Å². The third-order valence-electron chi connectivity index (χ3n) is 5.54. The normalized spacial score (nSPS) is 15.5. The minimum absolute atomic E-state index is 0. The summed E-state index contributed by atoms with van der Waals surface area (Å²) in [5.74, 6) is -1.02. The van der Waals surface area contributed by atoms with Crippen molar-refractivity contribution in [1.82, 2.24) is 0 Å². The Morgan fingerprint density at radius 3 is 2.38 bits per heavy atom. The fourth-order valence-corrected chi connectivity index (χ4v) is 3.74. The van der Waals surface area contributed by atoms with Gasteiger partial charge in [0.2, 0.25) is 5.91 Å². The lowest BCUT2D eigenvalue weighted by Crippen LogP contribution is -2.34. The van der Waals surface area contributed by atoms with Crippen molar-refractivity contribution in [3.8, 4) is 0 Å². The molecule has 1 unspecified atom stereocenters. The van der Waals surface area contributed by atoms with Crippen LogP contribution in [0.3, 0.4) is 0 Å². The van der Waals surface area contributed by atoms with Crippen LogP contribution in [0.25, 0.3) is 5.57 Å². The van der Waals surface area contributed by atoms with E-state index in [1.54, 1.807) is 24.3 Å². The molecule has 3 aromatic rings. The van der Waals surface area contributed by atoms with Gasteiger partial charge < -0.3 is 20.9 Å². The Morgan fingerprint density at radius 2 is 1.73 bits per heavy atom. The number of rotatable bonds is 5. The highest BCUT2D eigenvalue weighted by Crippen LogP contribution is 2.32. The van der Waals surface area contributed by atoms with Crippen LogP contribution in [0.15, 0.2) is 85.2 Å². The number of aromatic nitrogens is 1. The molecule has 0 aliphatic carbocycles. The third-order valence-corrected chi connectivity index (χ3v) is 5.54. The van der Waals surface area contributed by atoms with Crippen LogP contribution >= 0.6 is 12.4 Å². The Hall–Kier alpha value is -4.15. The van der Waals surface area contributed by atoms with Gasteiger partial charge in [0.1, 0.15) is 6.10 Å². The minimum Gasteiger partial charge on any atom is -0.619 e. The molecule has 37 heavy (non-hydrogen) atoms. The summed E-state index contributed by atoms with van der Waals surface area (Å²) in [6.07, 6.45) is 1.09. The van der Waals surface area contributed by atoms with E-state index in [1.165, 1.54) is 48.8 Å². The highest BCUT2D eigenvalue weighted by atomic mass is 35.5. The number of halogens is 4. The summed E-state index contributed by atoms with van der Waals surface area (Å²) in [5.41, 5.74) is 2.23. The quantitative estimate of drug-likeness (QED) is 0.198. The van der Waals surface area contributed by atoms with Gasteiger partial charge in [-0.2, -0.15) is 17.9 Å². The predicted molar refractivity (Wildman–Crippen MR) is 134 cm³/mol. The number of aliphatic hydroxyl groups is 1. The zero-order chi connectivity index (χ0) is 25.9. The van der Waals surface area contributed by atoms with E-state index in [9.17, 15) is 33.1 Å². The van der Waals surface area contributed by atoms with Crippen LogP contribution in [0.1, 0.15) is 22.3 Å². The number of anilines is 2. The first-order valence-corrected chi connectivity index (χ1v) is 10.8. The molecule has 0 spiro atoms. The number of allylic oxidation sites excluding steroid dienone is 2. The van der Waals surface area contributed by atoms with Gasteiger partial charge in [-0.05, 0) is 41.0 Å². The molecule has 0 bridgehead atoms. The van der Waals surface area contributed by atoms with Crippen LogP contribution in [0, 0.1) is 5.21 Å². The number of nitrogens with one attached hydrogen (secondary N) is 2. The Morgan fingerprint density at radius 1 is 1.08 bits per heavy atom. The van der Waals surface area contributed by atoms with E-state index in [2.05, 4.69) is 10.6 Å². The molecule has 7 nitrogen and oxygen atoms in total. The number of aliphatic hydroxyl groups excluding tert-OH is 1. The molecule has 0 fully saturated rings. The highest BCUT2D eigenvalue weighted by Gasteiger charge is 2.30. The Balaban J connectivity index is 0.00000380. The second-order valence-electron chi connectivity index (χ2n) is 7.99. The molecule has 0 radical (unpaired) electrons. The van der Waals surface area contributed by atoms with E-state index in [1.807, 2.05) is 0 Å². The number of hydrogen-bond acceptors (Lipinski definition) is 4. The lowest BCUT2D eigenvalue weighted by atomic mass is 9.97. The molecule has 2 heterocycles. The van der Waals surface area contributed by atoms with Crippen LogP contribution in [0.5, 0.6) is 0 Å². The molecular weight excluding hydrogens is 511 g/mol. The summed E-state index contributed by atoms with van der Waals surface area (Å²) < 4.78 is 39.5. The molecule has 3 N–H and O–H groups in total. The average Bonchev–Trinajstić information content (AvgIpc) is 2.83. The van der Waals surface area contributed by atoms with E-state index >= 15 is 0 Å². The predicted octanol–water partition coefficient (Wildman–Crippen LogP) is 4.24. The molecule has 0 saturated carbocycles. The fourth-order valence-electron chi connectivity index (χ4n) is 3.74. The van der Waals surface area contributed by atoms with E-state index < -0.39 is 29.7 Å². The van der Waals surface area contributed by atoms with Crippen LogP contribution in [-0.4, -0.2) is 23.0 Å². The molecule has 0 saturated heterocycles. The van der Waals surface area contributed by atoms with Crippen molar-refractivity contribution in [1.29, 1.82) is 0 Å². The fraction of sp³-hybridized carbons (Fsp3) is 0.115. The van der Waals surface area contributed by atoms with E-state index in [0.717, 1.165) is 12.1 Å². The number of carbonyl (C=O) groups is 2. The van der Waals surface area contributed by atoms with Crippen molar-refractivity contribution in [2.24, 2.45) is 0 Å². The second kappa shape index (κ2) is 11.3. The van der Waals surface area contributed by atoms with E-state index in [4.69, 9.17) is 0 Å². The smallest absolute Gasteiger partial charge is 0.416 e. The van der Waals surface area contributed by atoms with E-state index in [-0.39, 0.29) is 18.8 Å². The number of hydrogen-bond donors (Lipinski definition) is 3. The summed E-state index contributed by atoms with van der Waals surface area (Å²) in [6, 6.07) is 12.5. The summed E-state index contributed by atoms with van der Waals surface area (Å²) in [5, 5.41) is 26.5. The van der Waals surface area contributed by atoms with Gasteiger partial charge in [-0.15, -0.1) is 12.4 Å². The molecule has 1 atom stereocenters. The zero-order valence-electron chi connectivity index (χ0n) is 19.0. The third kappa shape index (κ3) is 6.54. The summed E-state index contributed by atoms with van der Waals surface area (Å²) in [6.45, 7) is 0. The number of pyridine rings is 1. The van der Waals surface area contributed by atoms with Crippen LogP contribution in [0.4, 0.5) is 24.5 Å². The average molecular weight is 532 g/mol. The molecule has 192 valence electrons. The van der Waals surface area contributed by atoms with Gasteiger partial charge in [-0.25, -0.2) is 0 Å². The summed E-state index contributed by atoms with van der Waals surface area (Å²) >= 11 is 0. The molecule has 2 amide bonds. The van der Waals surface area contributed by atoms with Gasteiger partial charge in [0.25, 0.3) is 5.91 Å². The van der Waals surface area contributed by atoms with Gasteiger partial charge in [0, 0.05) is 41.6 Å². The molecule has 1 aliphatic rings. The SMILES string of the molecule is Cl.O=C(/C=C/C=C(/c1ccc(C(F)(F)F)cc1)c1cc[n+]([O-])cc1)Nc1cccc2c1CC(O)C(=O)N2. The largest absolute Gasteiger partial charge is 0.619 e. The maximum Gasteiger partial charge on any atom is 0.416 e. The Bertz CT molecular complexity index is 1350. The standard InChI is InChI=1S/C26H20F3N3O4.ClH/c27-26(28,29)18-9-7-16(8-10-18)19(17-11-13-32(36)14-12-17)3-1-6-24(34)30-21-4-2-5-22-20(21)15-23(33)25(35)31-22;/h1-14,23,33H,15H2,(H,30,34)(H,31,35);1H/b6-1+,19-3-;. The van der Waals surface area contributed by atoms with Crippen LogP contribution in [-0.2, 0) is 22.2 Å². The summed E-state index contributed by atoms with van der Waals surface area (Å²) in [4.78, 5) is 24.2. The minimum atomic E-state index is -4.48. The van der Waals surface area contributed by atoms with Gasteiger partial charge >= 0.3 is 6.18 Å². The number of nitrogens with zero attached hydrogens (tertiary/aromatic N) is 1. The topological polar surface area (TPSA) is 105 Å². The van der Waals surface area contributed by atoms with Crippen molar-refractivity contribution in [3.05, 3.63) is 113 Å². The zero-order valence-corrected chi connectivity index (χ0v) is 19.8. The van der Waals surface area contributed by atoms with Crippen LogP contribution in [0.2, 0.25) is 0 Å². The van der Waals surface area contributed by atoms with Crippen molar-refractivity contribution >= 4 is 41.2 Å². The molecule has 1 aromatic heterocycles. The maximum atomic E-state index is 13.0. The first-order chi connectivity index (χ1) is 17.1. The van der Waals surface area contributed by atoms with Crippen molar-refractivity contribution in [2.45, 2.75) is 18.7 Å². The molecule has 11 heteroatoms. The summed E-state index contributed by atoms with van der Waals surface area (Å²) in [7, 11) is 0. The monoisotopic (exact) mass is 531 g/mol. The van der Waals surface area contributed by atoms with Gasteiger partial charge in [-0.3, -0.25) is 9.59 Å². The first-order valence-electron chi connectivity index (χ1n) is 10.8.